The number of benzene rings is 3. The predicted molar refractivity (Wildman–Crippen MR) is 187 cm³/mol. The van der Waals surface area contributed by atoms with E-state index < -0.39 is 0 Å². The Morgan fingerprint density at radius 1 is 0.581 bits per heavy atom. The Labute approximate surface area is 285 Å². The molecule has 0 bridgehead atoms. The van der Waals surface area contributed by atoms with Crippen molar-refractivity contribution in [2.75, 3.05) is 0 Å². The van der Waals surface area contributed by atoms with Crippen molar-refractivity contribution in [3.8, 4) is 22.5 Å². The molecule has 5 aromatic carbocycles. The molecule has 0 fully saturated rings. The Kier molecular flexibility index (Phi) is 17.6. The molecule has 2 aromatic heterocycles. The van der Waals surface area contributed by atoms with E-state index in [1.54, 1.807) is 0 Å². The van der Waals surface area contributed by atoms with Crippen LogP contribution < -0.4 is 0 Å². The molecule has 0 unspecified atom stereocenters. The summed E-state index contributed by atoms with van der Waals surface area (Å²) in [7, 11) is 0. The second-order valence-corrected chi connectivity index (χ2v) is 9.07. The van der Waals surface area contributed by atoms with Crippen molar-refractivity contribution >= 4 is 53.2 Å². The third-order valence-corrected chi connectivity index (χ3v) is 6.55. The number of nitrogens with zero attached hydrogens (tertiary/aromatic N) is 2. The van der Waals surface area contributed by atoms with E-state index in [4.69, 9.17) is 0 Å². The van der Waals surface area contributed by atoms with Gasteiger partial charge in [0.15, 0.2) is 0 Å². The number of hydrogen-bond donors (Lipinski definition) is 0. The molecule has 6 heteroatoms. The Hall–Kier alpha value is -3.14. The van der Waals surface area contributed by atoms with Gasteiger partial charge in [0.25, 0.3) is 0 Å². The van der Waals surface area contributed by atoms with E-state index in [9.17, 15) is 0 Å². The minimum absolute atomic E-state index is 0. The van der Waals surface area contributed by atoms with Crippen molar-refractivity contribution in [2.45, 2.75) is 13.8 Å². The number of hydrogen-bond acceptors (Lipinski definition) is 2. The van der Waals surface area contributed by atoms with Gasteiger partial charge < -0.3 is 7.43 Å². The minimum atomic E-state index is 0. The van der Waals surface area contributed by atoms with Gasteiger partial charge in [0.05, 0.1) is 11.4 Å². The molecular weight excluding hydrogens is 663 g/mol. The fourth-order valence-electron chi connectivity index (χ4n) is 4.61. The molecular formula is C37H34Cl2N2SiZr-4. The van der Waals surface area contributed by atoms with Gasteiger partial charge in [-0.05, 0) is 35.4 Å². The summed E-state index contributed by atoms with van der Waals surface area (Å²) < 4.78 is 0. The van der Waals surface area contributed by atoms with Crippen molar-refractivity contribution in [1.29, 1.82) is 0 Å². The van der Waals surface area contributed by atoms with E-state index in [1.165, 1.54) is 67.1 Å². The van der Waals surface area contributed by atoms with E-state index in [2.05, 4.69) is 110 Å². The SMILES string of the molecule is Cc1ccc(-c2ccccn2)c2cc[cH-]c12.Cc1ccc(-c2ccccn2)c2cc[cH-]c12.Cl.Cl.[CH3-].[Si]=[Zr].[c-]1ccccc1. The Balaban J connectivity index is 0.000000327. The van der Waals surface area contributed by atoms with Gasteiger partial charge in [0.1, 0.15) is 0 Å². The quantitative estimate of drug-likeness (QED) is 0.133. The summed E-state index contributed by atoms with van der Waals surface area (Å²) in [6.45, 7) is 7.35. The van der Waals surface area contributed by atoms with Gasteiger partial charge in [-0.3, -0.25) is 9.97 Å². The number of halogens is 2. The van der Waals surface area contributed by atoms with Crippen LogP contribution in [0.15, 0.2) is 140 Å². The van der Waals surface area contributed by atoms with Crippen LogP contribution in [0, 0.1) is 27.3 Å². The van der Waals surface area contributed by atoms with E-state index >= 15 is 0 Å². The average Bonchev–Trinajstić information content (AvgIpc) is 3.73. The maximum atomic E-state index is 4.41. The van der Waals surface area contributed by atoms with Crippen molar-refractivity contribution in [2.24, 2.45) is 0 Å². The molecule has 0 aliphatic carbocycles. The fraction of sp³-hybridized carbons (Fsp3) is 0.0541. The first-order valence-electron chi connectivity index (χ1n) is 13.0. The summed E-state index contributed by atoms with van der Waals surface area (Å²) in [6, 6.07) is 46.0. The summed E-state index contributed by atoms with van der Waals surface area (Å²) in [4.78, 5) is 8.82. The third kappa shape index (κ3) is 9.95. The zero-order valence-electron chi connectivity index (χ0n) is 24.5. The van der Waals surface area contributed by atoms with E-state index in [0.29, 0.717) is 0 Å². The first kappa shape index (κ1) is 37.9. The van der Waals surface area contributed by atoms with Gasteiger partial charge in [0, 0.05) is 12.4 Å². The maximum Gasteiger partial charge on any atom is -0.171 e. The normalized spacial score (nSPS) is 9.23. The standard InChI is InChI=1S/2C15H12N.C6H5.CH3.2ClH.Si.Zr/c2*1-11-8-9-14(13-6-4-5-12(11)13)15-7-2-3-10-16-15;1-2-4-6-5-3-1;;;;;/h2*2-10H,1H3;1-5H;1H3;2*1H;;/q4*-1;;;;. The number of pyridine rings is 2. The van der Waals surface area contributed by atoms with Crippen molar-refractivity contribution < 1.29 is 23.3 Å². The van der Waals surface area contributed by atoms with Crippen LogP contribution in [-0.4, -0.2) is 16.8 Å². The molecule has 0 atom stereocenters. The largest absolute Gasteiger partial charge is 0.184 e. The fourth-order valence-corrected chi connectivity index (χ4v) is 4.61. The van der Waals surface area contributed by atoms with Crippen LogP contribution in [0.5, 0.6) is 0 Å². The first-order chi connectivity index (χ1) is 19.7. The topological polar surface area (TPSA) is 25.8 Å². The van der Waals surface area contributed by atoms with Crippen molar-refractivity contribution in [1.82, 2.24) is 9.97 Å². The summed E-state index contributed by atoms with van der Waals surface area (Å²) in [5, 5.41) is 5.23. The molecule has 0 aliphatic heterocycles. The number of fused-ring (bicyclic) bond motifs is 2. The first-order valence-corrected chi connectivity index (χ1v) is 17.2. The molecule has 218 valence electrons. The summed E-state index contributed by atoms with van der Waals surface area (Å²) in [5.74, 6) is 0. The third-order valence-electron chi connectivity index (χ3n) is 6.55. The van der Waals surface area contributed by atoms with Gasteiger partial charge in [-0.15, -0.1) is 81.8 Å². The zero-order chi connectivity index (χ0) is 28.2. The van der Waals surface area contributed by atoms with Crippen LogP contribution in [0.25, 0.3) is 44.1 Å². The predicted octanol–water partition coefficient (Wildman–Crippen LogP) is 10.3. The molecule has 7 aromatic rings. The molecule has 0 aliphatic rings. The second kappa shape index (κ2) is 19.9. The monoisotopic (exact) mass is 694 g/mol. The second-order valence-electron chi connectivity index (χ2n) is 9.07. The number of aromatic nitrogens is 2. The molecule has 2 nitrogen and oxygen atoms in total. The minimum Gasteiger partial charge on any atom is -0.184 e. The molecule has 43 heavy (non-hydrogen) atoms. The van der Waals surface area contributed by atoms with Crippen LogP contribution in [0.3, 0.4) is 0 Å². The van der Waals surface area contributed by atoms with Crippen molar-refractivity contribution in [3.05, 3.63) is 164 Å². The van der Waals surface area contributed by atoms with E-state index in [-0.39, 0.29) is 32.2 Å². The number of aryl methyl sites for hydroxylation is 2. The van der Waals surface area contributed by atoms with Crippen LogP contribution in [0.2, 0.25) is 0 Å². The van der Waals surface area contributed by atoms with Gasteiger partial charge in [0.2, 0.25) is 0 Å². The summed E-state index contributed by atoms with van der Waals surface area (Å²) in [6.07, 6.45) is 3.67. The Morgan fingerprint density at radius 3 is 1.35 bits per heavy atom. The van der Waals surface area contributed by atoms with Gasteiger partial charge in [-0.2, -0.15) is 60.7 Å². The van der Waals surface area contributed by atoms with Crippen molar-refractivity contribution in [3.63, 3.8) is 0 Å². The Bertz CT molecular complexity index is 1610. The molecule has 0 saturated carbocycles. The van der Waals surface area contributed by atoms with E-state index in [0.717, 1.165) is 11.4 Å². The Morgan fingerprint density at radius 2 is 1.02 bits per heavy atom. The molecule has 2 heterocycles. The average molecular weight is 697 g/mol. The molecule has 0 N–H and O–H groups in total. The molecule has 0 saturated heterocycles. The zero-order valence-corrected chi connectivity index (χ0v) is 29.6. The van der Waals surface area contributed by atoms with Gasteiger partial charge >= 0.3 is 30.2 Å². The molecule has 2 radical (unpaired) electrons. The summed E-state index contributed by atoms with van der Waals surface area (Å²) >= 11 is 1.36. The van der Waals surface area contributed by atoms with Gasteiger partial charge in [-0.25, -0.2) is 0 Å². The van der Waals surface area contributed by atoms with Crippen LogP contribution in [-0.2, 0) is 23.3 Å². The summed E-state index contributed by atoms with van der Waals surface area (Å²) in [5.41, 5.74) is 7.15. The van der Waals surface area contributed by atoms with Crippen LogP contribution in [0.4, 0.5) is 0 Å². The maximum absolute atomic E-state index is 4.41. The molecule has 0 amide bonds. The molecule has 0 spiro atoms. The van der Waals surface area contributed by atoms with E-state index in [1.807, 2.05) is 67.0 Å². The van der Waals surface area contributed by atoms with Crippen LogP contribution >= 0.6 is 24.8 Å². The number of rotatable bonds is 2. The molecule has 7 rings (SSSR count). The van der Waals surface area contributed by atoms with Crippen LogP contribution in [0.1, 0.15) is 11.1 Å². The smallest absolute Gasteiger partial charge is 0.171 e. The van der Waals surface area contributed by atoms with Gasteiger partial charge in [-0.1, -0.05) is 38.1 Å².